The van der Waals surface area contributed by atoms with Gasteiger partial charge in [-0.25, -0.2) is 27.1 Å². The van der Waals surface area contributed by atoms with Gasteiger partial charge in [0.15, 0.2) is 0 Å². The van der Waals surface area contributed by atoms with Gasteiger partial charge in [0.1, 0.15) is 5.82 Å². The Hall–Kier alpha value is -2.54. The van der Waals surface area contributed by atoms with E-state index in [1.807, 2.05) is 13.8 Å². The average Bonchev–Trinajstić information content (AvgIpc) is 2.70. The maximum atomic E-state index is 13.5. The number of carboxylic acid groups (broad SMARTS) is 1. The van der Waals surface area contributed by atoms with Crippen LogP contribution in [0, 0.1) is 5.82 Å². The van der Waals surface area contributed by atoms with Crippen LogP contribution in [0.5, 0.6) is 0 Å². The summed E-state index contributed by atoms with van der Waals surface area (Å²) in [5, 5.41) is 30.6. The van der Waals surface area contributed by atoms with E-state index >= 15 is 0 Å². The third kappa shape index (κ3) is 8.05. The fraction of sp³-hybridized carbons (Fsp3) is 0.409. The van der Waals surface area contributed by atoms with E-state index < -0.39 is 40.4 Å². The minimum atomic E-state index is -3.66. The lowest BCUT2D eigenvalue weighted by atomic mass is 9.97. The summed E-state index contributed by atoms with van der Waals surface area (Å²) in [4.78, 5) is 19.4. The second-order valence-electron chi connectivity index (χ2n) is 7.96. The third-order valence-electron chi connectivity index (χ3n) is 4.81. The highest BCUT2D eigenvalue weighted by Gasteiger charge is 2.22. The largest absolute Gasteiger partial charge is 0.550 e. The molecule has 0 aliphatic heterocycles. The molecule has 1 aromatic carbocycles. The number of hydrogen-bond donors (Lipinski definition) is 2. The lowest BCUT2D eigenvalue weighted by Gasteiger charge is -2.20. The number of carbonyl (C=O) groups is 1. The molecule has 1 aromatic heterocycles. The number of aliphatic carboxylic acids is 1. The molecule has 188 valence electrons. The number of carboxylic acids is 1. The van der Waals surface area contributed by atoms with Crippen LogP contribution in [0.4, 0.5) is 10.3 Å². The van der Waals surface area contributed by atoms with E-state index in [0.29, 0.717) is 22.5 Å². The number of benzene rings is 1. The molecule has 0 aliphatic rings. The molecule has 0 unspecified atom stereocenters. The Morgan fingerprint density at radius 1 is 1.21 bits per heavy atom. The van der Waals surface area contributed by atoms with Crippen molar-refractivity contribution in [2.75, 3.05) is 17.6 Å². The van der Waals surface area contributed by atoms with Crippen molar-refractivity contribution in [3.63, 3.8) is 0 Å². The molecule has 0 amide bonds. The van der Waals surface area contributed by atoms with Gasteiger partial charge in [-0.15, -0.1) is 0 Å². The first kappa shape index (κ1) is 29.5. The molecule has 2 atom stereocenters. The van der Waals surface area contributed by atoms with Gasteiger partial charge in [0.05, 0.1) is 29.9 Å². The maximum Gasteiger partial charge on any atom is 0.239 e. The van der Waals surface area contributed by atoms with Gasteiger partial charge in [-0.05, 0) is 30.2 Å². The molecule has 34 heavy (non-hydrogen) atoms. The van der Waals surface area contributed by atoms with Crippen molar-refractivity contribution >= 4 is 41.5 Å². The van der Waals surface area contributed by atoms with Crippen molar-refractivity contribution in [3.05, 3.63) is 47.4 Å². The Morgan fingerprint density at radius 2 is 1.79 bits per heavy atom. The quantitative estimate of drug-likeness (QED) is 0.481. The Balaban J connectivity index is 0.00000578. The molecule has 0 saturated heterocycles. The summed E-state index contributed by atoms with van der Waals surface area (Å²) < 4.78 is 38.6. The van der Waals surface area contributed by atoms with Gasteiger partial charge in [0, 0.05) is 37.0 Å². The normalized spacial score (nSPS) is 13.5. The molecular formula is C22H29FN3O6S2-. The van der Waals surface area contributed by atoms with Crippen molar-refractivity contribution in [1.29, 1.82) is 0 Å². The van der Waals surface area contributed by atoms with Crippen molar-refractivity contribution in [2.24, 2.45) is 0 Å². The van der Waals surface area contributed by atoms with Crippen LogP contribution in [0.3, 0.4) is 0 Å². The number of nitrogens with zero attached hydrogens (tertiary/aromatic N) is 3. The van der Waals surface area contributed by atoms with Crippen molar-refractivity contribution in [1.82, 2.24) is 9.97 Å². The van der Waals surface area contributed by atoms with Crippen LogP contribution in [0.2, 0.25) is 0 Å². The van der Waals surface area contributed by atoms with E-state index in [2.05, 4.69) is 9.97 Å². The van der Waals surface area contributed by atoms with Crippen LogP contribution in [-0.2, 0) is 14.8 Å². The minimum absolute atomic E-state index is 0. The second-order valence-corrected chi connectivity index (χ2v) is 9.97. The van der Waals surface area contributed by atoms with Crippen LogP contribution in [0.1, 0.15) is 43.9 Å². The van der Waals surface area contributed by atoms with Gasteiger partial charge < -0.3 is 20.1 Å². The summed E-state index contributed by atoms with van der Waals surface area (Å²) in [6.45, 7) is 3.69. The monoisotopic (exact) mass is 514 g/mol. The summed E-state index contributed by atoms with van der Waals surface area (Å²) >= 11 is 0. The van der Waals surface area contributed by atoms with Crippen LogP contribution < -0.4 is 9.41 Å². The minimum Gasteiger partial charge on any atom is -0.550 e. The Morgan fingerprint density at radius 3 is 2.29 bits per heavy atom. The van der Waals surface area contributed by atoms with Gasteiger partial charge in [-0.1, -0.05) is 26.0 Å². The fourth-order valence-corrected chi connectivity index (χ4v) is 3.41. The highest BCUT2D eigenvalue weighted by atomic mass is 32.2. The third-order valence-corrected chi connectivity index (χ3v) is 5.97. The van der Waals surface area contributed by atoms with E-state index in [-0.39, 0.29) is 31.8 Å². The number of anilines is 1. The van der Waals surface area contributed by atoms with Gasteiger partial charge in [0.25, 0.3) is 0 Å². The summed E-state index contributed by atoms with van der Waals surface area (Å²) in [5.74, 6) is -2.14. The molecule has 2 N–H and O–H groups in total. The number of halogens is 1. The zero-order valence-corrected chi connectivity index (χ0v) is 21.1. The highest BCUT2D eigenvalue weighted by molar-refractivity contribution is 7.92. The first-order chi connectivity index (χ1) is 15.3. The Kier molecular flexibility index (Phi) is 10.6. The number of aliphatic hydroxyl groups is 2. The van der Waals surface area contributed by atoms with Crippen molar-refractivity contribution in [3.8, 4) is 11.3 Å². The van der Waals surface area contributed by atoms with E-state index in [9.17, 15) is 32.9 Å². The lowest BCUT2D eigenvalue weighted by Crippen LogP contribution is -2.29. The predicted molar refractivity (Wildman–Crippen MR) is 130 cm³/mol. The van der Waals surface area contributed by atoms with Gasteiger partial charge in [-0.2, -0.15) is 13.5 Å². The van der Waals surface area contributed by atoms with E-state index in [4.69, 9.17) is 0 Å². The van der Waals surface area contributed by atoms with Gasteiger partial charge in [-0.3, -0.25) is 0 Å². The SMILES string of the molecule is CC(C)c1nc(N(C)S(C)(=O)=O)nc(-c2ccc(F)cc2)c1/C=C/[C@@H](O)C[C@@H](O)CC(=O)[O-].S. The van der Waals surface area contributed by atoms with E-state index in [1.54, 1.807) is 0 Å². The Bertz CT molecular complexity index is 1120. The zero-order chi connectivity index (χ0) is 24.9. The van der Waals surface area contributed by atoms with Gasteiger partial charge in [0.2, 0.25) is 16.0 Å². The van der Waals surface area contributed by atoms with Crippen molar-refractivity contribution in [2.45, 2.75) is 44.8 Å². The molecule has 12 heteroatoms. The lowest BCUT2D eigenvalue weighted by molar-refractivity contribution is -0.307. The predicted octanol–water partition coefficient (Wildman–Crippen LogP) is 1.18. The van der Waals surface area contributed by atoms with Crippen LogP contribution >= 0.6 is 13.5 Å². The molecule has 1 heterocycles. The first-order valence-electron chi connectivity index (χ1n) is 10.2. The average molecular weight is 515 g/mol. The van der Waals surface area contributed by atoms with Gasteiger partial charge >= 0.3 is 0 Å². The maximum absolute atomic E-state index is 13.5. The van der Waals surface area contributed by atoms with Crippen molar-refractivity contribution < 1.29 is 32.9 Å². The molecule has 0 bridgehead atoms. The molecule has 0 radical (unpaired) electrons. The fourth-order valence-electron chi connectivity index (χ4n) is 3.04. The number of carbonyl (C=O) groups excluding carboxylic acids is 1. The smallest absolute Gasteiger partial charge is 0.239 e. The topological polar surface area (TPSA) is 144 Å². The summed E-state index contributed by atoms with van der Waals surface area (Å²) in [7, 11) is -2.34. The standard InChI is InChI=1S/C22H28FN3O6S.H2S/c1-13(2)20-18(10-9-16(27)11-17(28)12-19(29)30)21(14-5-7-15(23)8-6-14)25-22(24-20)26(3)33(4,31)32;/h5-10,13,16-17,27-28H,11-12H2,1-4H3,(H,29,30);1H2/p-1/b10-9+;/t16-,17-;/m1./s1. The molecule has 0 saturated carbocycles. The first-order valence-corrected chi connectivity index (χ1v) is 12.0. The highest BCUT2D eigenvalue weighted by Crippen LogP contribution is 2.31. The summed E-state index contributed by atoms with van der Waals surface area (Å²) in [6.07, 6.45) is 0.578. The zero-order valence-electron chi connectivity index (χ0n) is 19.3. The molecular weight excluding hydrogens is 485 g/mol. The van der Waals surface area contributed by atoms with Crippen LogP contribution in [0.25, 0.3) is 17.3 Å². The number of hydrogen-bond acceptors (Lipinski definition) is 8. The summed E-state index contributed by atoms with van der Waals surface area (Å²) in [6, 6.07) is 5.46. The molecule has 2 aromatic rings. The van der Waals surface area contributed by atoms with E-state index in [1.165, 1.54) is 43.5 Å². The number of aliphatic hydroxyl groups excluding tert-OH is 2. The number of sulfonamides is 1. The molecule has 0 aliphatic carbocycles. The van der Waals surface area contributed by atoms with E-state index in [0.717, 1.165) is 10.6 Å². The number of aromatic nitrogens is 2. The molecule has 0 spiro atoms. The molecule has 2 rings (SSSR count). The Labute approximate surface area is 205 Å². The molecule has 9 nitrogen and oxygen atoms in total. The number of rotatable bonds is 10. The molecule has 0 fully saturated rings. The second kappa shape index (κ2) is 12.2. The van der Waals surface area contributed by atoms with Crippen LogP contribution in [-0.4, -0.2) is 60.1 Å². The van der Waals surface area contributed by atoms with Crippen LogP contribution in [0.15, 0.2) is 30.3 Å². The summed E-state index contributed by atoms with van der Waals surface area (Å²) in [5.41, 5.74) is 1.76.